The van der Waals surface area contributed by atoms with Gasteiger partial charge in [-0.25, -0.2) is 19.3 Å². The largest absolute Gasteiger partial charge is 0.488 e. The summed E-state index contributed by atoms with van der Waals surface area (Å²) in [6, 6.07) is 34.6. The van der Waals surface area contributed by atoms with Gasteiger partial charge in [0.2, 0.25) is 11.8 Å². The van der Waals surface area contributed by atoms with Crippen molar-refractivity contribution in [3.63, 3.8) is 0 Å². The molecule has 18 nitrogen and oxygen atoms in total. The van der Waals surface area contributed by atoms with Crippen molar-refractivity contribution < 1.29 is 65.0 Å². The number of anilines is 2. The number of halogens is 7. The highest BCUT2D eigenvalue weighted by Crippen LogP contribution is 2.35. The van der Waals surface area contributed by atoms with Gasteiger partial charge in [-0.3, -0.25) is 19.2 Å². The van der Waals surface area contributed by atoms with E-state index in [1.807, 2.05) is 28.0 Å². The number of carbonyl (C=O) groups is 4. The Kier molecular flexibility index (Phi) is 20.0. The Hall–Kier alpha value is -8.88. The molecule has 0 aliphatic carbocycles. The minimum Gasteiger partial charge on any atom is -0.477 e. The molecule has 2 fully saturated rings. The number of hydrogen-bond acceptors (Lipinski definition) is 12. The summed E-state index contributed by atoms with van der Waals surface area (Å²) in [5, 5.41) is 30.9. The van der Waals surface area contributed by atoms with E-state index < -0.39 is 36.8 Å². The minimum absolute atomic E-state index is 0.0220. The monoisotopic (exact) mass is 1220 g/mol. The Balaban J connectivity index is 0.000000181. The van der Waals surface area contributed by atoms with Crippen LogP contribution in [0, 0.1) is 0 Å². The molecule has 0 spiro atoms. The van der Waals surface area contributed by atoms with Gasteiger partial charge < -0.3 is 40.0 Å². The van der Waals surface area contributed by atoms with Crippen molar-refractivity contribution in [2.24, 2.45) is 0 Å². The second-order valence-corrected chi connectivity index (χ2v) is 19.7. The van der Waals surface area contributed by atoms with Crippen molar-refractivity contribution in [3.8, 4) is 34.5 Å². The van der Waals surface area contributed by atoms with E-state index >= 15 is 0 Å². The lowest BCUT2D eigenvalue weighted by molar-refractivity contribution is -0.143. The second kappa shape index (κ2) is 27.5. The van der Waals surface area contributed by atoms with E-state index in [0.29, 0.717) is 48.5 Å². The van der Waals surface area contributed by atoms with Gasteiger partial charge in [-0.05, 0) is 135 Å². The molecule has 2 aliphatic rings. The van der Waals surface area contributed by atoms with Gasteiger partial charge in [0, 0.05) is 65.0 Å². The van der Waals surface area contributed by atoms with Gasteiger partial charge in [-0.1, -0.05) is 58.4 Å². The first-order valence-corrected chi connectivity index (χ1v) is 27.1. The smallest absolute Gasteiger partial charge is 0.477 e. The summed E-state index contributed by atoms with van der Waals surface area (Å²) >= 11 is 3.28. The maximum absolute atomic E-state index is 13.5. The van der Waals surface area contributed by atoms with Crippen LogP contribution in [0.5, 0.6) is 11.8 Å². The van der Waals surface area contributed by atoms with E-state index in [2.05, 4.69) is 46.7 Å². The number of carbonyl (C=O) groups excluding carboxylic acids is 4. The third-order valence-electron chi connectivity index (χ3n) is 12.9. The normalized spacial score (nSPS) is 13.0. The molecule has 436 valence electrons. The van der Waals surface area contributed by atoms with Crippen LogP contribution in [0.4, 0.5) is 37.7 Å². The van der Waals surface area contributed by atoms with E-state index in [-0.39, 0.29) is 54.3 Å². The molecular formula is C58H54BBrF6N10O8. The molecule has 0 atom stereocenters. The molecule has 10 rings (SSSR count). The van der Waals surface area contributed by atoms with Gasteiger partial charge in [-0.2, -0.15) is 26.3 Å². The van der Waals surface area contributed by atoms with E-state index in [1.165, 1.54) is 36.7 Å². The second-order valence-electron chi connectivity index (χ2n) is 18.8. The standard InChI is InChI=1S/C29H26F3N5O3.C18H14BrF3N4O2.C11H14BNO3/c1-2-40-26-17-24(29(30,31)32)37(35-26)25-13-12-23(18-33-25)34-27(38)22-7-5-6-21(16-22)19-8-10-20(11-9-19)28(39)36-14-3-4-15-36;1-2-28-16-9-14(18(20,21)22)26(25-16)15-7-6-13(10-23-15)24-17(27)11-4-3-5-12(19)8-11;14-11(13-7-1-2-8-13)9-3-5-10(6-4-9)12(15)16/h5-13,16-18H,2-4,14-15H2,1H3,(H,34,38);3-10H,2H2,1H3,(H,24,27);3-6,15-16H,1-2,7-8H2. The van der Waals surface area contributed by atoms with Crippen molar-refractivity contribution in [2.75, 3.05) is 50.0 Å². The van der Waals surface area contributed by atoms with E-state index in [1.54, 1.807) is 92.7 Å². The minimum atomic E-state index is -4.66. The Bertz CT molecular complexity index is 3560. The van der Waals surface area contributed by atoms with Crippen LogP contribution in [0.25, 0.3) is 22.8 Å². The van der Waals surface area contributed by atoms with Gasteiger partial charge in [0.15, 0.2) is 23.0 Å². The van der Waals surface area contributed by atoms with Crippen molar-refractivity contribution in [3.05, 3.63) is 184 Å². The summed E-state index contributed by atoms with van der Waals surface area (Å²) in [5.74, 6) is -1.19. The Morgan fingerprint density at radius 1 is 0.548 bits per heavy atom. The lowest BCUT2D eigenvalue weighted by Crippen LogP contribution is -2.31. The molecular weight excluding hydrogens is 1170 g/mol. The highest BCUT2D eigenvalue weighted by molar-refractivity contribution is 9.10. The van der Waals surface area contributed by atoms with Gasteiger partial charge in [0.1, 0.15) is 0 Å². The Morgan fingerprint density at radius 3 is 1.37 bits per heavy atom. The summed E-state index contributed by atoms with van der Waals surface area (Å²) in [7, 11) is -1.48. The van der Waals surface area contributed by atoms with Crippen LogP contribution in [0.15, 0.2) is 150 Å². The summed E-state index contributed by atoms with van der Waals surface area (Å²) in [4.78, 5) is 61.4. The van der Waals surface area contributed by atoms with Gasteiger partial charge >= 0.3 is 19.5 Å². The third-order valence-corrected chi connectivity index (χ3v) is 13.4. The maximum atomic E-state index is 13.5. The first-order valence-electron chi connectivity index (χ1n) is 26.4. The number of pyridine rings is 2. The van der Waals surface area contributed by atoms with Crippen molar-refractivity contribution >= 4 is 63.5 Å². The van der Waals surface area contributed by atoms with Crippen LogP contribution in [-0.2, 0) is 12.4 Å². The number of nitrogens with zero attached hydrogens (tertiary/aromatic N) is 8. The zero-order valence-electron chi connectivity index (χ0n) is 45.1. The van der Waals surface area contributed by atoms with Crippen molar-refractivity contribution in [1.82, 2.24) is 39.3 Å². The van der Waals surface area contributed by atoms with Gasteiger partial charge in [-0.15, -0.1) is 10.2 Å². The molecule has 26 heteroatoms. The molecule has 4 aromatic heterocycles. The van der Waals surface area contributed by atoms with E-state index in [4.69, 9.17) is 19.5 Å². The molecule has 0 radical (unpaired) electrons. The van der Waals surface area contributed by atoms with Crippen LogP contribution in [0.3, 0.4) is 0 Å². The van der Waals surface area contributed by atoms with Crippen LogP contribution in [0.1, 0.15) is 92.4 Å². The topological polar surface area (TPSA) is 219 Å². The molecule has 6 heterocycles. The fourth-order valence-corrected chi connectivity index (χ4v) is 9.16. The molecule has 2 aliphatic heterocycles. The number of benzene rings is 4. The first-order chi connectivity index (χ1) is 40.2. The van der Waals surface area contributed by atoms with Crippen LogP contribution >= 0.6 is 15.9 Å². The molecule has 4 amide bonds. The van der Waals surface area contributed by atoms with Crippen molar-refractivity contribution in [2.45, 2.75) is 51.9 Å². The number of likely N-dealkylation sites (tertiary alicyclic amines) is 2. The lowest BCUT2D eigenvalue weighted by Gasteiger charge is -2.15. The number of ether oxygens (including phenoxy) is 2. The number of aromatic nitrogens is 6. The van der Waals surface area contributed by atoms with Crippen LogP contribution < -0.4 is 25.6 Å². The molecule has 8 aromatic rings. The third kappa shape index (κ3) is 15.8. The first kappa shape index (κ1) is 61.2. The van der Waals surface area contributed by atoms with E-state index in [9.17, 15) is 45.5 Å². The maximum Gasteiger partial charge on any atom is 0.488 e. The summed E-state index contributed by atoms with van der Waals surface area (Å²) < 4.78 is 92.4. The average Bonchev–Trinajstić information content (AvgIpc) is 4.01. The summed E-state index contributed by atoms with van der Waals surface area (Å²) in [5.41, 5.74) is 2.69. The number of alkyl halides is 6. The SMILES string of the molecule is CCOc1cc(C(F)(F)F)n(-c2ccc(NC(=O)c3cccc(-c4ccc(C(=O)N5CCCC5)cc4)c3)cn2)n1.CCOc1cc(C(F)(F)F)n(-c2ccc(NC(=O)c3cccc(Br)c3)cn2)n1.O=C(c1ccc(B(O)O)cc1)N1CCCC1. The number of amides is 4. The molecule has 4 aromatic carbocycles. The molecule has 84 heavy (non-hydrogen) atoms. The zero-order chi connectivity index (χ0) is 60.1. The number of nitrogens with one attached hydrogen (secondary N) is 2. The summed E-state index contributed by atoms with van der Waals surface area (Å²) in [6.07, 6.45) is -2.58. The van der Waals surface area contributed by atoms with Crippen molar-refractivity contribution in [1.29, 1.82) is 0 Å². The predicted molar refractivity (Wildman–Crippen MR) is 304 cm³/mol. The predicted octanol–water partition coefficient (Wildman–Crippen LogP) is 10.1. The lowest BCUT2D eigenvalue weighted by atomic mass is 9.80. The Labute approximate surface area is 486 Å². The Morgan fingerprint density at radius 2 is 0.976 bits per heavy atom. The van der Waals surface area contributed by atoms with Crippen LogP contribution in [0.2, 0.25) is 0 Å². The average molecular weight is 1220 g/mol. The molecule has 0 bridgehead atoms. The number of rotatable bonds is 14. The zero-order valence-corrected chi connectivity index (χ0v) is 46.7. The van der Waals surface area contributed by atoms with Crippen LogP contribution in [-0.4, -0.2) is 120 Å². The highest BCUT2D eigenvalue weighted by atomic mass is 79.9. The molecule has 0 unspecified atom stereocenters. The number of hydrogen-bond donors (Lipinski definition) is 4. The summed E-state index contributed by atoms with van der Waals surface area (Å²) in [6.45, 7) is 6.84. The fourth-order valence-electron chi connectivity index (χ4n) is 8.76. The molecule has 0 saturated carbocycles. The quantitative estimate of drug-likeness (QED) is 0.0591. The van der Waals surface area contributed by atoms with Gasteiger partial charge in [0.05, 0.1) is 37.0 Å². The molecule has 4 N–H and O–H groups in total. The van der Waals surface area contributed by atoms with Gasteiger partial charge in [0.25, 0.3) is 23.6 Å². The fraction of sp³-hybridized carbons (Fsp3) is 0.241. The molecule has 2 saturated heterocycles. The highest BCUT2D eigenvalue weighted by Gasteiger charge is 2.38. The van der Waals surface area contributed by atoms with E-state index in [0.717, 1.165) is 79.6 Å².